The predicted octanol–water partition coefficient (Wildman–Crippen LogP) is 7.47. The highest BCUT2D eigenvalue weighted by Crippen LogP contribution is 2.40. The number of rotatable bonds is 8. The molecule has 0 bridgehead atoms. The van der Waals surface area contributed by atoms with Crippen LogP contribution in [0.1, 0.15) is 67.2 Å². The second-order valence-electron chi connectivity index (χ2n) is 9.26. The summed E-state index contributed by atoms with van der Waals surface area (Å²) in [5.41, 5.74) is 5.83. The molecule has 1 aliphatic carbocycles. The molecule has 4 nitrogen and oxygen atoms in total. The minimum absolute atomic E-state index is 0.210. The van der Waals surface area contributed by atoms with Gasteiger partial charge in [0.1, 0.15) is 5.75 Å². The van der Waals surface area contributed by atoms with E-state index >= 15 is 0 Å². The summed E-state index contributed by atoms with van der Waals surface area (Å²) in [4.78, 5) is 23.6. The number of hydrogen-bond donors (Lipinski definition) is 1. The number of carbonyl (C=O) groups is 2. The van der Waals surface area contributed by atoms with E-state index in [0.717, 1.165) is 11.1 Å². The molecule has 1 aromatic carbocycles. The van der Waals surface area contributed by atoms with Crippen molar-refractivity contribution in [2.24, 2.45) is 5.41 Å². The van der Waals surface area contributed by atoms with E-state index in [2.05, 4.69) is 45.2 Å². The van der Waals surface area contributed by atoms with Gasteiger partial charge in [-0.2, -0.15) is 0 Å². The fraction of sp³-hybridized carbons (Fsp3) is 0.379. The smallest absolute Gasteiger partial charge is 0.310 e. The van der Waals surface area contributed by atoms with Crippen LogP contribution in [0.3, 0.4) is 0 Å². The quantitative estimate of drug-likeness (QED) is 0.195. The van der Waals surface area contributed by atoms with E-state index in [1.807, 2.05) is 25.2 Å². The fourth-order valence-corrected chi connectivity index (χ4v) is 3.88. The van der Waals surface area contributed by atoms with Crippen LogP contribution in [0, 0.1) is 5.41 Å². The molecular weight excluding hydrogens is 410 g/mol. The van der Waals surface area contributed by atoms with Crippen molar-refractivity contribution in [3.63, 3.8) is 0 Å². The van der Waals surface area contributed by atoms with Crippen molar-refractivity contribution in [2.45, 2.75) is 67.2 Å². The highest BCUT2D eigenvalue weighted by Gasteiger charge is 2.26. The number of benzene rings is 1. The van der Waals surface area contributed by atoms with E-state index in [-0.39, 0.29) is 17.3 Å². The lowest BCUT2D eigenvalue weighted by Gasteiger charge is -2.32. The molecule has 0 fully saturated rings. The number of hydrogen-bond acceptors (Lipinski definition) is 3. The molecule has 1 aliphatic rings. The standard InChI is InChI=1S/C29H37NO3/c1-7-28(32)33-25-16-14-24(15-17-25)30-27(31)20-22(3)11-8-10-21(2)13-18-26-23(4)12-9-19-29(26,5)6/h8,10-11,13-18,20H,7,9,12,19H2,1-6H3,(H,30,31)/b11-8+,18-13+,21-10+,22-20+. The first kappa shape index (κ1) is 26.1. The van der Waals surface area contributed by atoms with Gasteiger partial charge in [-0.25, -0.2) is 0 Å². The van der Waals surface area contributed by atoms with Crippen molar-refractivity contribution in [1.29, 1.82) is 0 Å². The molecule has 0 atom stereocenters. The average Bonchev–Trinajstić information content (AvgIpc) is 2.74. The highest BCUT2D eigenvalue weighted by molar-refractivity contribution is 6.00. The van der Waals surface area contributed by atoms with Crippen LogP contribution < -0.4 is 10.1 Å². The van der Waals surface area contributed by atoms with Crippen LogP contribution >= 0.6 is 0 Å². The highest BCUT2D eigenvalue weighted by atomic mass is 16.5. The Hall–Kier alpha value is -3.14. The first-order chi connectivity index (χ1) is 15.6. The second kappa shape index (κ2) is 12.2. The molecule has 33 heavy (non-hydrogen) atoms. The number of ether oxygens (including phenoxy) is 1. The molecule has 0 spiro atoms. The maximum absolute atomic E-state index is 12.3. The summed E-state index contributed by atoms with van der Waals surface area (Å²) in [6.45, 7) is 12.6. The van der Waals surface area contributed by atoms with Crippen molar-refractivity contribution >= 4 is 17.6 Å². The van der Waals surface area contributed by atoms with E-state index < -0.39 is 0 Å². The van der Waals surface area contributed by atoms with Gasteiger partial charge in [-0.15, -0.1) is 0 Å². The minimum atomic E-state index is -0.290. The summed E-state index contributed by atoms with van der Waals surface area (Å²) in [6.07, 6.45) is 15.9. The average molecular weight is 448 g/mol. The van der Waals surface area contributed by atoms with Crippen molar-refractivity contribution in [3.05, 3.63) is 83.0 Å². The third-order valence-corrected chi connectivity index (χ3v) is 5.77. The number of anilines is 1. The van der Waals surface area contributed by atoms with E-state index in [9.17, 15) is 9.59 Å². The zero-order chi connectivity index (χ0) is 24.4. The predicted molar refractivity (Wildman–Crippen MR) is 137 cm³/mol. The van der Waals surface area contributed by atoms with E-state index in [1.165, 1.54) is 30.4 Å². The van der Waals surface area contributed by atoms with Crippen LogP contribution in [0.2, 0.25) is 0 Å². The Balaban J connectivity index is 1.92. The number of allylic oxidation sites excluding steroid dienone is 9. The molecule has 1 amide bonds. The lowest BCUT2D eigenvalue weighted by Crippen LogP contribution is -2.19. The third-order valence-electron chi connectivity index (χ3n) is 5.77. The molecule has 0 saturated heterocycles. The van der Waals surface area contributed by atoms with Crippen LogP contribution in [-0.4, -0.2) is 11.9 Å². The van der Waals surface area contributed by atoms with Crippen LogP contribution in [0.25, 0.3) is 0 Å². The van der Waals surface area contributed by atoms with Crippen LogP contribution in [0.5, 0.6) is 5.75 Å². The van der Waals surface area contributed by atoms with Gasteiger partial charge in [0.15, 0.2) is 0 Å². The van der Waals surface area contributed by atoms with Gasteiger partial charge < -0.3 is 10.1 Å². The molecule has 0 aliphatic heterocycles. The Morgan fingerprint density at radius 3 is 2.42 bits per heavy atom. The van der Waals surface area contributed by atoms with Gasteiger partial charge in [0, 0.05) is 18.2 Å². The lowest BCUT2D eigenvalue weighted by atomic mass is 9.72. The Morgan fingerprint density at radius 2 is 1.79 bits per heavy atom. The lowest BCUT2D eigenvalue weighted by molar-refractivity contribution is -0.134. The van der Waals surface area contributed by atoms with Crippen molar-refractivity contribution in [3.8, 4) is 5.75 Å². The van der Waals surface area contributed by atoms with Gasteiger partial charge in [0.2, 0.25) is 5.91 Å². The first-order valence-corrected chi connectivity index (χ1v) is 11.6. The first-order valence-electron chi connectivity index (χ1n) is 11.6. The molecule has 0 unspecified atom stereocenters. The van der Waals surface area contributed by atoms with E-state index in [0.29, 0.717) is 17.9 Å². The van der Waals surface area contributed by atoms with Gasteiger partial charge >= 0.3 is 5.97 Å². The normalized spacial score (nSPS) is 17.0. The molecule has 176 valence electrons. The largest absolute Gasteiger partial charge is 0.427 e. The third kappa shape index (κ3) is 8.72. The summed E-state index contributed by atoms with van der Waals surface area (Å²) in [5.74, 6) is -0.0378. The molecule has 0 heterocycles. The number of nitrogens with one attached hydrogen (secondary N) is 1. The van der Waals surface area contributed by atoms with Gasteiger partial charge in [-0.3, -0.25) is 9.59 Å². The minimum Gasteiger partial charge on any atom is -0.427 e. The molecule has 2 rings (SSSR count). The van der Waals surface area contributed by atoms with Crippen molar-refractivity contribution in [2.75, 3.05) is 5.32 Å². The van der Waals surface area contributed by atoms with E-state index in [4.69, 9.17) is 4.74 Å². The zero-order valence-electron chi connectivity index (χ0n) is 20.8. The molecule has 0 aromatic heterocycles. The van der Waals surface area contributed by atoms with Gasteiger partial charge in [-0.1, -0.05) is 62.3 Å². The van der Waals surface area contributed by atoms with Gasteiger partial charge in [0.25, 0.3) is 0 Å². The molecule has 0 radical (unpaired) electrons. The SMILES string of the molecule is CCC(=O)Oc1ccc(NC(=O)/C=C(C)/C=C/C=C(C)/C=C/C2=C(C)CCCC2(C)C)cc1. The van der Waals surface area contributed by atoms with E-state index in [1.54, 1.807) is 37.3 Å². The van der Waals surface area contributed by atoms with Gasteiger partial charge in [0.05, 0.1) is 0 Å². The second-order valence-corrected chi connectivity index (χ2v) is 9.26. The maximum atomic E-state index is 12.3. The Kier molecular flexibility index (Phi) is 9.65. The Labute approximate surface area is 198 Å². The number of carbonyl (C=O) groups excluding carboxylic acids is 2. The summed E-state index contributed by atoms with van der Waals surface area (Å²) >= 11 is 0. The monoisotopic (exact) mass is 447 g/mol. The molecule has 1 N–H and O–H groups in total. The topological polar surface area (TPSA) is 55.4 Å². The Bertz CT molecular complexity index is 1000. The van der Waals surface area contributed by atoms with Crippen LogP contribution in [0.4, 0.5) is 5.69 Å². The summed E-state index contributed by atoms with van der Waals surface area (Å²) < 4.78 is 5.13. The summed E-state index contributed by atoms with van der Waals surface area (Å²) in [7, 11) is 0. The number of esters is 1. The molecular formula is C29H37NO3. The van der Waals surface area contributed by atoms with Gasteiger partial charge in [-0.05, 0) is 80.9 Å². The fourth-order valence-electron chi connectivity index (χ4n) is 3.88. The molecule has 0 saturated carbocycles. The van der Waals surface area contributed by atoms with Crippen molar-refractivity contribution < 1.29 is 14.3 Å². The Morgan fingerprint density at radius 1 is 1.09 bits per heavy atom. The maximum Gasteiger partial charge on any atom is 0.310 e. The number of amides is 1. The summed E-state index contributed by atoms with van der Waals surface area (Å²) in [6, 6.07) is 6.73. The van der Waals surface area contributed by atoms with Crippen LogP contribution in [0.15, 0.2) is 83.0 Å². The zero-order valence-corrected chi connectivity index (χ0v) is 20.8. The molecule has 1 aromatic rings. The van der Waals surface area contributed by atoms with Crippen LogP contribution in [-0.2, 0) is 9.59 Å². The summed E-state index contributed by atoms with van der Waals surface area (Å²) in [5, 5.41) is 2.81. The van der Waals surface area contributed by atoms with Crippen molar-refractivity contribution in [1.82, 2.24) is 0 Å². The molecule has 4 heteroatoms.